The molecule has 0 amide bonds. The quantitative estimate of drug-likeness (QED) is 0.105. The molecule has 9 nitrogen and oxygen atoms in total. The molecule has 586 valence electrons. The Balaban J connectivity index is 0.894. The Morgan fingerprint density at radius 2 is 0.537 bits per heavy atom. The smallest absolute Gasteiger partial charge is 0.256 e. The van der Waals surface area contributed by atoms with E-state index in [0.29, 0.717) is 145 Å². The van der Waals surface area contributed by atoms with Crippen LogP contribution in [0.25, 0.3) is 0 Å². The third kappa shape index (κ3) is 11.6. The minimum atomic E-state index is -1.10. The fourth-order valence-corrected chi connectivity index (χ4v) is 20.1. The van der Waals surface area contributed by atoms with Crippen molar-refractivity contribution < 1.29 is 50.6 Å². The molecule has 0 unspecified atom stereocenters. The first-order valence-electron chi connectivity index (χ1n) is 55.4. The minimum absolute atomic E-state index is 0.0248. The molecule has 0 saturated carbocycles. The third-order valence-corrected chi connectivity index (χ3v) is 24.2. The molecule has 6 aliphatic heterocycles. The zero-order valence-corrected chi connectivity index (χ0v) is 67.9. The lowest BCUT2D eigenvalue weighted by atomic mass is 9.29. The van der Waals surface area contributed by atoms with Crippen molar-refractivity contribution in [3.63, 3.8) is 0 Å². The molecule has 0 aliphatic carbocycles. The Morgan fingerprint density at radius 3 is 0.943 bits per heavy atom. The summed E-state index contributed by atoms with van der Waals surface area (Å²) in [5.41, 5.74) is 14.1. The predicted molar refractivity (Wildman–Crippen MR) is 519 cm³/mol. The summed E-state index contributed by atoms with van der Waals surface area (Å²) in [4.78, 5) is 11.5. The van der Waals surface area contributed by atoms with E-state index >= 15 is 0 Å². The predicted octanol–water partition coefficient (Wildman–Crippen LogP) is 23.8. The second kappa shape index (κ2) is 28.7. The summed E-state index contributed by atoms with van der Waals surface area (Å²) in [6.07, 6.45) is 0. The topological polar surface area (TPSA) is 41.1 Å². The van der Waals surface area contributed by atoms with E-state index in [-0.39, 0.29) is 40.0 Å². The third-order valence-electron chi connectivity index (χ3n) is 24.2. The van der Waals surface area contributed by atoms with Gasteiger partial charge in [-0.05, 0) is 272 Å². The molecule has 123 heavy (non-hydrogen) atoms. The highest BCUT2D eigenvalue weighted by Gasteiger charge is 2.52. The summed E-state index contributed by atoms with van der Waals surface area (Å²) in [5, 5.41) is 0. The van der Waals surface area contributed by atoms with Crippen LogP contribution in [0.5, 0.6) is 23.0 Å². The maximum atomic E-state index is 10.1. The number of aryl methyl sites for hydroxylation is 9. The zero-order valence-electron chi connectivity index (χ0n) is 97.9. The number of hydrogen-bond acceptors (Lipinski definition) is 9. The zero-order chi connectivity index (χ0) is 109. The summed E-state index contributed by atoms with van der Waals surface area (Å²) in [6, 6.07) is 30.9. The van der Waals surface area contributed by atoms with E-state index in [0.717, 1.165) is 36.9 Å². The lowest BCUT2D eigenvalue weighted by Crippen LogP contribution is -2.65. The van der Waals surface area contributed by atoms with Crippen LogP contribution >= 0.6 is 0 Å². The standard InChI is InChI=1S/C111H86B3N7O2/c1-69-53-72(4)109(73(5)54-69)119-95-67-96-91(65-90(95)113-89-50-32-34-52-102(89)122-104-63-86(61-100(119)107(104)113)116(80-39-21-12-22-40-80)81-41-23-13-24-42-81)114-93-66-92-97(68-103(93)123-105-64-87(117(82-43-25-14-26-44-82)83-45-27-15-28-46-83)62-101(108(105)114)120(96)110-74(6)55-70(2)56-75(110)7)121(111-76(8)57-71(3)58-77(111)9)99-60-85(115(78-35-17-10-18-36-78)79-37-19-11-20-38-79)59-98-106(99)112(92)88-49-31-33-51-94(88)118(98)84-47-29-16-30-48-84/h10-68H,1-9H3/i10D,11D,12D,13D,14D,15D,17D,18D,19D,20D,21D,22D,23D,24D,25D,26D,27D,28D,35D,36D,37D,38D,39D,40D,41D,42D,43D,44D,45D,46D. The van der Waals surface area contributed by atoms with Gasteiger partial charge in [-0.2, -0.15) is 0 Å². The van der Waals surface area contributed by atoms with Gasteiger partial charge in [0.15, 0.2) is 0 Å². The Labute approximate surface area is 763 Å². The van der Waals surface area contributed by atoms with Gasteiger partial charge >= 0.3 is 0 Å². The Bertz CT molecular complexity index is 8730. The van der Waals surface area contributed by atoms with Gasteiger partial charge < -0.3 is 43.8 Å². The fraction of sp³-hybridized carbons (Fsp3) is 0.0811. The molecule has 0 fully saturated rings. The molecule has 6 heterocycles. The van der Waals surface area contributed by atoms with Gasteiger partial charge in [-0.1, -0.05) is 229 Å². The fourth-order valence-electron chi connectivity index (χ4n) is 20.1. The van der Waals surface area contributed by atoms with Crippen LogP contribution in [-0.4, -0.2) is 20.1 Å². The van der Waals surface area contributed by atoms with Crippen molar-refractivity contribution in [2.24, 2.45) is 0 Å². The van der Waals surface area contributed by atoms with Crippen LogP contribution in [0.3, 0.4) is 0 Å². The Hall–Kier alpha value is -14.9. The number of para-hydroxylation sites is 9. The van der Waals surface area contributed by atoms with Gasteiger partial charge in [-0.15, -0.1) is 0 Å². The molecule has 0 aromatic heterocycles. The number of rotatable bonds is 13. The second-order valence-corrected chi connectivity index (χ2v) is 31.9. The first kappa shape index (κ1) is 48.4. The van der Waals surface area contributed by atoms with Crippen molar-refractivity contribution in [2.75, 3.05) is 34.3 Å². The molecule has 0 atom stereocenters. The van der Waals surface area contributed by atoms with Crippen LogP contribution in [0.1, 0.15) is 91.2 Å². The second-order valence-electron chi connectivity index (χ2n) is 31.9. The van der Waals surface area contributed by atoms with Crippen molar-refractivity contribution in [1.29, 1.82) is 0 Å². The average molecular weight is 1610 g/mol. The van der Waals surface area contributed by atoms with E-state index in [2.05, 4.69) is 18.2 Å². The van der Waals surface area contributed by atoms with Gasteiger partial charge in [0.2, 0.25) is 0 Å². The molecule has 0 radical (unpaired) electrons. The number of benzene rings is 17. The molecule has 17 aromatic rings. The van der Waals surface area contributed by atoms with Crippen LogP contribution < -0.4 is 92.9 Å². The van der Waals surface area contributed by atoms with E-state index in [1.54, 1.807) is 48.5 Å². The van der Waals surface area contributed by atoms with Gasteiger partial charge in [0, 0.05) is 104 Å². The van der Waals surface area contributed by atoms with Gasteiger partial charge in [0.05, 0.1) is 75.2 Å². The maximum absolute atomic E-state index is 10.1. The van der Waals surface area contributed by atoms with Gasteiger partial charge in [0.1, 0.15) is 23.0 Å². The minimum Gasteiger partial charge on any atom is -0.458 e. The maximum Gasteiger partial charge on any atom is 0.256 e. The van der Waals surface area contributed by atoms with Crippen molar-refractivity contribution in [2.45, 2.75) is 62.3 Å². The number of fused-ring (bicyclic) bond motifs is 12. The Morgan fingerprint density at radius 1 is 0.228 bits per heavy atom. The van der Waals surface area contributed by atoms with Crippen LogP contribution in [0.4, 0.5) is 119 Å². The molecule has 0 spiro atoms. The van der Waals surface area contributed by atoms with Crippen molar-refractivity contribution >= 4 is 189 Å². The number of anilines is 21. The van der Waals surface area contributed by atoms with Crippen molar-refractivity contribution in [3.8, 4) is 23.0 Å². The van der Waals surface area contributed by atoms with Crippen LogP contribution in [0, 0.1) is 62.3 Å². The molecule has 0 saturated heterocycles. The molecule has 17 aromatic carbocycles. The Kier molecular flexibility index (Phi) is 11.3. The lowest BCUT2D eigenvalue weighted by Gasteiger charge is -2.47. The van der Waals surface area contributed by atoms with E-state index in [1.807, 2.05) is 191 Å². The highest BCUT2D eigenvalue weighted by atomic mass is 16.5. The van der Waals surface area contributed by atoms with Crippen LogP contribution in [0.15, 0.2) is 357 Å². The van der Waals surface area contributed by atoms with E-state index < -0.39 is 236 Å². The molecule has 12 heteroatoms. The summed E-state index contributed by atoms with van der Waals surface area (Å²) >= 11 is 0. The highest BCUT2D eigenvalue weighted by Crippen LogP contribution is 2.55. The van der Waals surface area contributed by atoms with E-state index in [9.17, 15) is 32.9 Å². The van der Waals surface area contributed by atoms with Crippen LogP contribution in [0.2, 0.25) is 0 Å². The largest absolute Gasteiger partial charge is 0.458 e. The molecule has 0 bridgehead atoms. The summed E-state index contributed by atoms with van der Waals surface area (Å²) in [5.74, 6) is 0.644. The van der Waals surface area contributed by atoms with Crippen molar-refractivity contribution in [1.82, 2.24) is 0 Å². The number of hydrogen-bond donors (Lipinski definition) is 0. The monoisotopic (exact) mass is 1610 g/mol. The summed E-state index contributed by atoms with van der Waals surface area (Å²) < 4.78 is 301. The van der Waals surface area contributed by atoms with Gasteiger partial charge in [-0.3, -0.25) is 0 Å². The molecule has 23 rings (SSSR count). The normalized spacial score (nSPS) is 16.5. The number of ether oxygens (including phenoxy) is 2. The van der Waals surface area contributed by atoms with Crippen molar-refractivity contribution in [3.05, 3.63) is 407 Å². The van der Waals surface area contributed by atoms with Gasteiger partial charge in [0.25, 0.3) is 20.1 Å². The number of nitrogens with zero attached hydrogens (tertiary/aromatic N) is 7. The molecule has 0 N–H and O–H groups in total. The summed E-state index contributed by atoms with van der Waals surface area (Å²) in [6.45, 7) is 14.7. The van der Waals surface area contributed by atoms with E-state index in [1.165, 1.54) is 0 Å². The van der Waals surface area contributed by atoms with E-state index in [4.69, 9.17) is 17.7 Å². The van der Waals surface area contributed by atoms with Crippen LogP contribution in [-0.2, 0) is 0 Å². The SMILES string of the molecule is [2H]c1c([2H])c([2H])c(N(c2cc3c4c(c2)N(c2c(C)cc(C)cc2C)c2cc5c(cc2B4c2ccccc2O3)B2c3cc4c(cc3Oc3cc(N(c6c([2H])c([2H])c([2H])c([2H])c6[2H])c6c([2H])c([2H])c([2H])c([2H])c6[2H])cc(c32)N5c2c(C)cc(C)cc2C)N(c2c(C)cc(C)cc2C)c2cc(N(c3c([2H])c([2H])c([2H])c([2H])c3[2H])c3c([2H])c([2H])c([2H])c([2H])c3[2H])cc3c2B4c2ccccc2N3c2ccccc2)c2c([2H])c([2H])c([2H])c([2H])c2[2H])c([2H])c1[2H]. The first-order valence-corrected chi connectivity index (χ1v) is 40.4. The highest BCUT2D eigenvalue weighted by molar-refractivity contribution is 7.04. The molecular weight excluding hydrogens is 1500 g/mol. The van der Waals surface area contributed by atoms with Gasteiger partial charge in [-0.25, -0.2) is 0 Å². The lowest BCUT2D eigenvalue weighted by molar-refractivity contribution is 0.487. The molecule has 6 aliphatic rings. The molecular formula is C111H86B3N7O2. The average Bonchev–Trinajstić information content (AvgIpc) is 0.679. The first-order chi connectivity index (χ1) is 72.7. The summed E-state index contributed by atoms with van der Waals surface area (Å²) in [7, 11) is 0.